The SMILES string of the molecule is O=C(O)C=Cc1ccc(NC(=O)C2CNCC(NC(=O)c3ccc4c(C5CCCCC5)c5n(c4c3)CCCc3ccccc3-5)C2)cc1. The van der Waals surface area contributed by atoms with E-state index in [1.165, 1.54) is 66.0 Å². The van der Waals surface area contributed by atoms with Crippen LogP contribution in [0.3, 0.4) is 0 Å². The molecule has 3 heterocycles. The van der Waals surface area contributed by atoms with Crippen molar-refractivity contribution >= 4 is 40.4 Å². The number of hydrogen-bond donors (Lipinski definition) is 4. The third-order valence-corrected chi connectivity index (χ3v) is 10.1. The molecule has 4 N–H and O–H groups in total. The Morgan fingerprint density at radius 2 is 1.72 bits per heavy atom. The molecule has 3 aliphatic rings. The molecule has 8 nitrogen and oxygen atoms in total. The maximum absolute atomic E-state index is 13.7. The standard InChI is InChI=1S/C39H42N4O4/c44-35(45)19-14-25-12-16-30(17-13-25)41-39(47)29-21-31(24-40-23-29)42-38(46)28-15-18-33-34(22-28)43-20-6-10-26-7-4-5-11-32(26)37(43)36(33)27-8-2-1-3-9-27/h4-5,7,11-19,22,27,29,31,40H,1-3,6,8-10,20-21,23-24H2,(H,41,47)(H,42,46)(H,44,45). The lowest BCUT2D eigenvalue weighted by Crippen LogP contribution is -2.51. The van der Waals surface area contributed by atoms with Gasteiger partial charge >= 0.3 is 5.97 Å². The van der Waals surface area contributed by atoms with Gasteiger partial charge in [0.2, 0.25) is 5.91 Å². The molecule has 47 heavy (non-hydrogen) atoms. The van der Waals surface area contributed by atoms with E-state index in [2.05, 4.69) is 56.9 Å². The van der Waals surface area contributed by atoms with Crippen molar-refractivity contribution in [3.63, 3.8) is 0 Å². The van der Waals surface area contributed by atoms with E-state index in [0.29, 0.717) is 36.7 Å². The van der Waals surface area contributed by atoms with Gasteiger partial charge in [0.1, 0.15) is 0 Å². The molecule has 1 saturated carbocycles. The molecule has 2 unspecified atom stereocenters. The van der Waals surface area contributed by atoms with Crippen LogP contribution in [0.15, 0.2) is 72.8 Å². The molecule has 0 bridgehead atoms. The highest BCUT2D eigenvalue weighted by Crippen LogP contribution is 2.46. The summed E-state index contributed by atoms with van der Waals surface area (Å²) in [5.74, 6) is -1.01. The number of nitrogens with zero attached hydrogens (tertiary/aromatic N) is 1. The number of amides is 2. The molecule has 2 aliphatic heterocycles. The van der Waals surface area contributed by atoms with Crippen molar-refractivity contribution < 1.29 is 19.5 Å². The Morgan fingerprint density at radius 1 is 0.915 bits per heavy atom. The molecule has 242 valence electrons. The van der Waals surface area contributed by atoms with Gasteiger partial charge in [-0.1, -0.05) is 61.7 Å². The molecular formula is C39H42N4O4. The third kappa shape index (κ3) is 6.60. The predicted molar refractivity (Wildman–Crippen MR) is 185 cm³/mol. The molecule has 8 heteroatoms. The number of nitrogens with one attached hydrogen (secondary N) is 3. The lowest BCUT2D eigenvalue weighted by molar-refractivity contribution is -0.131. The Bertz CT molecular complexity index is 1830. The third-order valence-electron chi connectivity index (χ3n) is 10.1. The highest BCUT2D eigenvalue weighted by atomic mass is 16.4. The van der Waals surface area contributed by atoms with Crippen molar-refractivity contribution in [3.8, 4) is 11.3 Å². The molecule has 4 aromatic rings. The van der Waals surface area contributed by atoms with Crippen molar-refractivity contribution in [2.24, 2.45) is 5.92 Å². The molecule has 2 amide bonds. The zero-order valence-corrected chi connectivity index (χ0v) is 26.6. The largest absolute Gasteiger partial charge is 0.478 e. The molecule has 2 atom stereocenters. The van der Waals surface area contributed by atoms with Crippen LogP contribution in [-0.4, -0.2) is 46.6 Å². The number of carbonyl (C=O) groups is 3. The van der Waals surface area contributed by atoms with Gasteiger partial charge in [0.25, 0.3) is 5.91 Å². The van der Waals surface area contributed by atoms with Crippen LogP contribution in [0.1, 0.15) is 77.9 Å². The lowest BCUT2D eigenvalue weighted by Gasteiger charge is -2.30. The van der Waals surface area contributed by atoms with Gasteiger partial charge in [0, 0.05) is 59.5 Å². The van der Waals surface area contributed by atoms with Crippen molar-refractivity contribution in [1.29, 1.82) is 0 Å². The smallest absolute Gasteiger partial charge is 0.328 e. The number of carbonyl (C=O) groups excluding carboxylic acids is 2. The second kappa shape index (κ2) is 13.6. The minimum absolute atomic E-state index is 0.113. The van der Waals surface area contributed by atoms with Crippen molar-refractivity contribution in [2.45, 2.75) is 69.9 Å². The van der Waals surface area contributed by atoms with Crippen LogP contribution in [0.25, 0.3) is 28.2 Å². The van der Waals surface area contributed by atoms with E-state index in [-0.39, 0.29) is 23.8 Å². The van der Waals surface area contributed by atoms with Crippen LogP contribution in [0.5, 0.6) is 0 Å². The quantitative estimate of drug-likeness (QED) is 0.169. The fourth-order valence-electron chi connectivity index (χ4n) is 7.85. The van der Waals surface area contributed by atoms with Gasteiger partial charge in [-0.3, -0.25) is 9.59 Å². The van der Waals surface area contributed by atoms with E-state index in [1.807, 2.05) is 6.07 Å². The summed E-state index contributed by atoms with van der Waals surface area (Å²) in [5, 5.41) is 19.6. The van der Waals surface area contributed by atoms with Gasteiger partial charge in [-0.05, 0) is 85.1 Å². The number of anilines is 1. The fraction of sp³-hybridized carbons (Fsp3) is 0.359. The van der Waals surface area contributed by atoms with E-state index in [1.54, 1.807) is 24.3 Å². The number of fused-ring (bicyclic) bond motifs is 5. The highest BCUT2D eigenvalue weighted by Gasteiger charge is 2.31. The van der Waals surface area contributed by atoms with Gasteiger partial charge in [-0.2, -0.15) is 0 Å². The Labute approximate surface area is 275 Å². The van der Waals surface area contributed by atoms with Crippen LogP contribution in [0.2, 0.25) is 0 Å². The van der Waals surface area contributed by atoms with Crippen LogP contribution in [-0.2, 0) is 22.6 Å². The summed E-state index contributed by atoms with van der Waals surface area (Å²) in [5.41, 5.74) is 8.75. The number of carboxylic acid groups (broad SMARTS) is 1. The lowest BCUT2D eigenvalue weighted by atomic mass is 9.81. The predicted octanol–water partition coefficient (Wildman–Crippen LogP) is 6.75. The van der Waals surface area contributed by atoms with E-state index >= 15 is 0 Å². The number of rotatable bonds is 7. The minimum atomic E-state index is -1.01. The van der Waals surface area contributed by atoms with Gasteiger partial charge < -0.3 is 25.6 Å². The number of aryl methyl sites for hydroxylation is 2. The van der Waals surface area contributed by atoms with E-state index in [4.69, 9.17) is 5.11 Å². The second-order valence-corrected chi connectivity index (χ2v) is 13.3. The van der Waals surface area contributed by atoms with Gasteiger partial charge in [-0.15, -0.1) is 0 Å². The van der Waals surface area contributed by atoms with Crippen molar-refractivity contribution in [1.82, 2.24) is 15.2 Å². The molecule has 0 spiro atoms. The number of hydrogen-bond acceptors (Lipinski definition) is 4. The maximum atomic E-state index is 13.7. The van der Waals surface area contributed by atoms with Crippen LogP contribution in [0, 0.1) is 5.92 Å². The summed E-state index contributed by atoms with van der Waals surface area (Å²) >= 11 is 0. The topological polar surface area (TPSA) is 112 Å². The normalized spacial score (nSPS) is 19.9. The van der Waals surface area contributed by atoms with Gasteiger partial charge in [0.05, 0.1) is 11.6 Å². The Morgan fingerprint density at radius 3 is 2.53 bits per heavy atom. The molecular weight excluding hydrogens is 588 g/mol. The van der Waals surface area contributed by atoms with E-state index < -0.39 is 5.97 Å². The number of carboxylic acids is 1. The molecule has 1 saturated heterocycles. The average Bonchev–Trinajstić information content (AvgIpc) is 3.29. The molecule has 1 aliphatic carbocycles. The summed E-state index contributed by atoms with van der Waals surface area (Å²) < 4.78 is 2.49. The number of aliphatic carboxylic acids is 1. The second-order valence-electron chi connectivity index (χ2n) is 13.3. The molecule has 7 rings (SSSR count). The van der Waals surface area contributed by atoms with Crippen molar-refractivity contribution in [2.75, 3.05) is 18.4 Å². The Hall–Kier alpha value is -4.69. The van der Waals surface area contributed by atoms with Crippen molar-refractivity contribution in [3.05, 3.63) is 95.1 Å². The first kappa shape index (κ1) is 30.9. The Balaban J connectivity index is 1.09. The summed E-state index contributed by atoms with van der Waals surface area (Å²) in [6.07, 6.45) is 11.5. The summed E-state index contributed by atoms with van der Waals surface area (Å²) in [6.45, 7) is 2.07. The number of aromatic nitrogens is 1. The maximum Gasteiger partial charge on any atom is 0.328 e. The highest BCUT2D eigenvalue weighted by molar-refractivity contribution is 6.01. The first-order valence-electron chi connectivity index (χ1n) is 17.0. The summed E-state index contributed by atoms with van der Waals surface area (Å²) in [6, 6.07) is 21.9. The summed E-state index contributed by atoms with van der Waals surface area (Å²) in [7, 11) is 0. The van der Waals surface area contributed by atoms with Gasteiger partial charge in [-0.25, -0.2) is 4.79 Å². The van der Waals surface area contributed by atoms with E-state index in [0.717, 1.165) is 36.5 Å². The average molecular weight is 631 g/mol. The molecule has 2 fully saturated rings. The van der Waals surface area contributed by atoms with E-state index in [9.17, 15) is 14.4 Å². The molecule has 1 aromatic heterocycles. The molecule has 0 radical (unpaired) electrons. The van der Waals surface area contributed by atoms with Crippen LogP contribution in [0.4, 0.5) is 5.69 Å². The first-order valence-corrected chi connectivity index (χ1v) is 17.0. The zero-order chi connectivity index (χ0) is 32.3. The number of piperidine rings is 1. The number of benzene rings is 3. The minimum Gasteiger partial charge on any atom is -0.478 e. The van der Waals surface area contributed by atoms with Crippen LogP contribution >= 0.6 is 0 Å². The fourth-order valence-corrected chi connectivity index (χ4v) is 7.85. The van der Waals surface area contributed by atoms with Gasteiger partial charge in [0.15, 0.2) is 0 Å². The monoisotopic (exact) mass is 630 g/mol. The first-order chi connectivity index (χ1) is 22.9. The molecule has 3 aromatic carbocycles. The summed E-state index contributed by atoms with van der Waals surface area (Å²) in [4.78, 5) is 37.6. The van der Waals surface area contributed by atoms with Crippen LogP contribution < -0.4 is 16.0 Å². The zero-order valence-electron chi connectivity index (χ0n) is 26.6. The Kier molecular flexibility index (Phi) is 8.94.